The van der Waals surface area contributed by atoms with Crippen LogP contribution in [0, 0.1) is 0 Å². The zero-order valence-corrected chi connectivity index (χ0v) is 7.69. The minimum atomic E-state index is 0.0786. The van der Waals surface area contributed by atoms with Gasteiger partial charge in [-0.25, -0.2) is 0 Å². The molecule has 0 bridgehead atoms. The Morgan fingerprint density at radius 2 is 2.08 bits per heavy atom. The van der Waals surface area contributed by atoms with Crippen LogP contribution in [0.4, 0.5) is 0 Å². The van der Waals surface area contributed by atoms with E-state index in [1.807, 2.05) is 31.2 Å². The minimum Gasteiger partial charge on any atom is -0.486 e. The Bertz CT molecular complexity index is 299. The van der Waals surface area contributed by atoms with Gasteiger partial charge in [-0.05, 0) is 19.1 Å². The Morgan fingerprint density at radius 1 is 1.38 bits per heavy atom. The topological polar surface area (TPSA) is 46.1 Å². The van der Waals surface area contributed by atoms with E-state index in [0.717, 1.165) is 11.5 Å². The summed E-state index contributed by atoms with van der Waals surface area (Å²) in [5.41, 5.74) is 3.93. The van der Waals surface area contributed by atoms with Gasteiger partial charge >= 0.3 is 0 Å². The van der Waals surface area contributed by atoms with Gasteiger partial charge in [0.05, 0.1) is 0 Å². The Balaban J connectivity index is 2.20. The van der Waals surface area contributed by atoms with Crippen LogP contribution >= 0.6 is 0 Å². The quantitative estimate of drug-likeness (QED) is 0.682. The summed E-state index contributed by atoms with van der Waals surface area (Å²) in [7, 11) is 0. The lowest BCUT2D eigenvalue weighted by Crippen LogP contribution is -2.67. The molecule has 3 N–H and O–H groups in total. The van der Waals surface area contributed by atoms with Gasteiger partial charge in [-0.3, -0.25) is 0 Å². The monoisotopic (exact) mass is 180 g/mol. The normalized spacial score (nSPS) is 22.5. The van der Waals surface area contributed by atoms with E-state index in [1.165, 1.54) is 0 Å². The van der Waals surface area contributed by atoms with Crippen LogP contribution in [0.25, 0.3) is 0 Å². The lowest BCUT2D eigenvalue weighted by molar-refractivity contribution is -0.431. The van der Waals surface area contributed by atoms with E-state index >= 15 is 0 Å². The van der Waals surface area contributed by atoms with E-state index in [0.29, 0.717) is 6.61 Å². The second-order valence-electron chi connectivity index (χ2n) is 3.39. The third-order valence-corrected chi connectivity index (χ3v) is 2.17. The molecule has 0 saturated heterocycles. The zero-order chi connectivity index (χ0) is 9.26. The van der Waals surface area contributed by atoms with E-state index in [1.54, 1.807) is 0 Å². The van der Waals surface area contributed by atoms with Crippen molar-refractivity contribution in [2.75, 3.05) is 6.61 Å². The summed E-state index contributed by atoms with van der Waals surface area (Å²) in [4.78, 5) is 0. The summed E-state index contributed by atoms with van der Waals surface area (Å²) in [6.07, 6.45) is 0.0786. The summed E-state index contributed by atoms with van der Waals surface area (Å²) in [5.74, 6) is 1.66. The van der Waals surface area contributed by atoms with Crippen molar-refractivity contribution in [2.45, 2.75) is 19.1 Å². The van der Waals surface area contributed by atoms with Crippen LogP contribution in [0.15, 0.2) is 24.3 Å². The van der Waals surface area contributed by atoms with Gasteiger partial charge in [-0.2, -0.15) is 0 Å². The smallest absolute Gasteiger partial charge is 0.183 e. The molecule has 0 fully saturated rings. The molecule has 0 aromatic heterocycles. The van der Waals surface area contributed by atoms with Crippen molar-refractivity contribution in [1.29, 1.82) is 0 Å². The fourth-order valence-corrected chi connectivity index (χ4v) is 1.32. The molecule has 1 heterocycles. The molecule has 2 rings (SSSR count). The number of ether oxygens (including phenoxy) is 2. The first-order chi connectivity index (χ1) is 6.27. The average molecular weight is 180 g/mol. The molecule has 1 aromatic carbocycles. The Morgan fingerprint density at radius 3 is 2.77 bits per heavy atom. The van der Waals surface area contributed by atoms with E-state index in [9.17, 15) is 0 Å². The molecule has 0 radical (unpaired) electrons. The van der Waals surface area contributed by atoms with Gasteiger partial charge in [-0.1, -0.05) is 12.1 Å². The summed E-state index contributed by atoms with van der Waals surface area (Å²) < 4.78 is 11.2. The molecule has 1 aliphatic heterocycles. The van der Waals surface area contributed by atoms with Gasteiger partial charge in [0, 0.05) is 0 Å². The molecule has 70 valence electrons. The van der Waals surface area contributed by atoms with Gasteiger partial charge in [0.2, 0.25) is 0 Å². The number of benzene rings is 1. The number of quaternary nitrogens is 1. The highest BCUT2D eigenvalue weighted by Crippen LogP contribution is 2.30. The van der Waals surface area contributed by atoms with Crippen LogP contribution in [0.3, 0.4) is 0 Å². The first kappa shape index (κ1) is 8.38. The number of hydrogen-bond donors (Lipinski definition) is 1. The summed E-state index contributed by atoms with van der Waals surface area (Å²) >= 11 is 0. The molecule has 3 heteroatoms. The molecule has 0 spiro atoms. The van der Waals surface area contributed by atoms with Crippen LogP contribution in [-0.2, 0) is 0 Å². The maximum absolute atomic E-state index is 5.71. The average Bonchev–Trinajstić information content (AvgIpc) is 2.17. The second-order valence-corrected chi connectivity index (χ2v) is 3.39. The van der Waals surface area contributed by atoms with Crippen molar-refractivity contribution >= 4 is 0 Å². The van der Waals surface area contributed by atoms with Crippen molar-refractivity contribution in [3.05, 3.63) is 24.3 Å². The maximum atomic E-state index is 5.71. The van der Waals surface area contributed by atoms with Crippen LogP contribution in [-0.4, -0.2) is 18.8 Å². The molecule has 0 unspecified atom stereocenters. The zero-order valence-electron chi connectivity index (χ0n) is 7.69. The van der Waals surface area contributed by atoms with Crippen LogP contribution in [0.5, 0.6) is 11.5 Å². The first-order valence-electron chi connectivity index (χ1n) is 4.49. The fraction of sp³-hybridized carbons (Fsp3) is 0.400. The molecule has 0 saturated carbocycles. The van der Waals surface area contributed by atoms with Crippen molar-refractivity contribution in [3.8, 4) is 11.5 Å². The maximum Gasteiger partial charge on any atom is 0.183 e. The Labute approximate surface area is 77.5 Å². The Hall–Kier alpha value is -1.22. The summed E-state index contributed by atoms with van der Waals surface area (Å²) in [6.45, 7) is 2.63. The van der Waals surface area contributed by atoms with Crippen molar-refractivity contribution < 1.29 is 15.2 Å². The highest BCUT2D eigenvalue weighted by molar-refractivity contribution is 5.40. The lowest BCUT2D eigenvalue weighted by Gasteiger charge is -2.26. The van der Waals surface area contributed by atoms with Crippen molar-refractivity contribution in [3.63, 3.8) is 0 Å². The molecular formula is C10H14NO2+. The standard InChI is InChI=1S/C10H13NO2/c1-7(11)10-6-12-8-4-2-3-5-9(8)13-10/h2-5,7,10H,6,11H2,1H3/p+1/t7-,10-/m1/s1. The highest BCUT2D eigenvalue weighted by atomic mass is 16.6. The van der Waals surface area contributed by atoms with Crippen LogP contribution < -0.4 is 15.2 Å². The van der Waals surface area contributed by atoms with Crippen LogP contribution in [0.1, 0.15) is 6.92 Å². The van der Waals surface area contributed by atoms with E-state index in [-0.39, 0.29) is 12.1 Å². The molecular weight excluding hydrogens is 166 g/mol. The molecule has 3 nitrogen and oxygen atoms in total. The summed E-state index contributed by atoms with van der Waals surface area (Å²) in [6, 6.07) is 7.96. The van der Waals surface area contributed by atoms with Gasteiger partial charge in [0.25, 0.3) is 0 Å². The van der Waals surface area contributed by atoms with Crippen molar-refractivity contribution in [1.82, 2.24) is 0 Å². The first-order valence-corrected chi connectivity index (χ1v) is 4.49. The molecule has 0 aliphatic carbocycles. The number of hydrogen-bond acceptors (Lipinski definition) is 2. The highest BCUT2D eigenvalue weighted by Gasteiger charge is 2.25. The van der Waals surface area contributed by atoms with E-state index in [4.69, 9.17) is 9.47 Å². The van der Waals surface area contributed by atoms with E-state index < -0.39 is 0 Å². The number of para-hydroxylation sites is 2. The minimum absolute atomic E-state index is 0.0786. The molecule has 2 atom stereocenters. The largest absolute Gasteiger partial charge is 0.486 e. The Kier molecular flexibility index (Phi) is 2.10. The predicted octanol–water partition coefficient (Wildman–Crippen LogP) is 0.457. The third kappa shape index (κ3) is 1.60. The number of fused-ring (bicyclic) bond motifs is 1. The molecule has 1 aliphatic rings. The molecule has 13 heavy (non-hydrogen) atoms. The SMILES string of the molecule is C[C@@H]([NH3+])[C@H]1COc2ccccc2O1. The lowest BCUT2D eigenvalue weighted by atomic mass is 10.2. The fourth-order valence-electron chi connectivity index (χ4n) is 1.32. The van der Waals surface area contributed by atoms with Gasteiger partial charge in [0.1, 0.15) is 12.6 Å². The van der Waals surface area contributed by atoms with Crippen LogP contribution in [0.2, 0.25) is 0 Å². The predicted molar refractivity (Wildman–Crippen MR) is 48.7 cm³/mol. The second kappa shape index (κ2) is 3.26. The van der Waals surface area contributed by atoms with Gasteiger partial charge < -0.3 is 15.2 Å². The van der Waals surface area contributed by atoms with E-state index in [2.05, 4.69) is 5.73 Å². The third-order valence-electron chi connectivity index (χ3n) is 2.17. The molecule has 1 aromatic rings. The van der Waals surface area contributed by atoms with Gasteiger partial charge in [0.15, 0.2) is 17.6 Å². The van der Waals surface area contributed by atoms with Gasteiger partial charge in [-0.15, -0.1) is 0 Å². The molecule has 0 amide bonds. The summed E-state index contributed by atoms with van der Waals surface area (Å²) in [5, 5.41) is 0. The number of rotatable bonds is 1. The van der Waals surface area contributed by atoms with Crippen molar-refractivity contribution in [2.24, 2.45) is 0 Å².